The minimum Gasteiger partial charge on any atom is -0.461 e. The van der Waals surface area contributed by atoms with Crippen LogP contribution in [0.15, 0.2) is 30.3 Å². The van der Waals surface area contributed by atoms with Crippen LogP contribution in [0.2, 0.25) is 0 Å². The van der Waals surface area contributed by atoms with Crippen LogP contribution in [0.1, 0.15) is 72.3 Å². The molecule has 0 saturated heterocycles. The number of Topliss-reactive ketones (excluding diaryl/α,β-unsaturated/α-hetero) is 1. The molecular weight excluding hydrogens is 356 g/mol. The Morgan fingerprint density at radius 2 is 1.64 bits per heavy atom. The zero-order valence-electron chi connectivity index (χ0n) is 17.8. The highest BCUT2D eigenvalue weighted by Crippen LogP contribution is 2.22. The highest BCUT2D eigenvalue weighted by molar-refractivity contribution is 5.84. The van der Waals surface area contributed by atoms with Crippen molar-refractivity contribution < 1.29 is 23.9 Å². The molecule has 0 heterocycles. The van der Waals surface area contributed by atoms with Gasteiger partial charge in [-0.2, -0.15) is 0 Å². The van der Waals surface area contributed by atoms with Crippen LogP contribution in [0.25, 0.3) is 0 Å². The molecule has 0 unspecified atom stereocenters. The highest BCUT2D eigenvalue weighted by atomic mass is 16.6. The maximum Gasteiger partial charge on any atom is 0.309 e. The van der Waals surface area contributed by atoms with Crippen LogP contribution in [-0.4, -0.2) is 23.3 Å². The molecule has 0 bridgehead atoms. The van der Waals surface area contributed by atoms with Gasteiger partial charge in [0.05, 0.1) is 5.92 Å². The van der Waals surface area contributed by atoms with E-state index < -0.39 is 11.5 Å². The third kappa shape index (κ3) is 10.9. The van der Waals surface area contributed by atoms with Crippen molar-refractivity contribution >= 4 is 17.7 Å². The first-order chi connectivity index (χ1) is 13.1. The molecule has 0 spiro atoms. The average Bonchev–Trinajstić information content (AvgIpc) is 2.58. The Morgan fingerprint density at radius 3 is 2.21 bits per heavy atom. The summed E-state index contributed by atoms with van der Waals surface area (Å²) >= 11 is 0. The second-order valence-electron chi connectivity index (χ2n) is 8.60. The summed E-state index contributed by atoms with van der Waals surface area (Å²) in [4.78, 5) is 36.5. The van der Waals surface area contributed by atoms with Crippen molar-refractivity contribution in [1.82, 2.24) is 0 Å². The van der Waals surface area contributed by atoms with Crippen molar-refractivity contribution in [2.75, 3.05) is 0 Å². The summed E-state index contributed by atoms with van der Waals surface area (Å²) in [6.45, 7) is 9.73. The molecule has 0 amide bonds. The van der Waals surface area contributed by atoms with Crippen LogP contribution >= 0.6 is 0 Å². The lowest BCUT2D eigenvalue weighted by Gasteiger charge is -2.24. The Kier molecular flexibility index (Phi) is 9.91. The lowest BCUT2D eigenvalue weighted by atomic mass is 9.91. The number of benzene rings is 1. The van der Waals surface area contributed by atoms with Crippen molar-refractivity contribution in [3.05, 3.63) is 35.9 Å². The summed E-state index contributed by atoms with van der Waals surface area (Å²) in [6, 6.07) is 9.46. The van der Waals surface area contributed by atoms with Crippen molar-refractivity contribution in [3.8, 4) is 0 Å². The summed E-state index contributed by atoms with van der Waals surface area (Å²) in [6.07, 6.45) is 1.65. The summed E-state index contributed by atoms with van der Waals surface area (Å²) in [5.74, 6) is -0.804. The van der Waals surface area contributed by atoms with Gasteiger partial charge in [-0.1, -0.05) is 44.2 Å². The van der Waals surface area contributed by atoms with Gasteiger partial charge in [0, 0.05) is 19.3 Å². The predicted octanol–water partition coefficient (Wildman–Crippen LogP) is 4.86. The van der Waals surface area contributed by atoms with Gasteiger partial charge in [0.1, 0.15) is 18.0 Å². The van der Waals surface area contributed by atoms with Gasteiger partial charge >= 0.3 is 11.9 Å². The van der Waals surface area contributed by atoms with E-state index in [1.165, 1.54) is 0 Å². The quantitative estimate of drug-likeness (QED) is 0.505. The Bertz CT molecular complexity index is 628. The molecule has 1 aromatic rings. The number of carbonyl (C=O) groups is 3. The van der Waals surface area contributed by atoms with E-state index in [0.717, 1.165) is 5.56 Å². The maximum atomic E-state index is 12.4. The normalized spacial score (nSPS) is 12.5. The molecule has 0 aliphatic carbocycles. The summed E-state index contributed by atoms with van der Waals surface area (Å²) < 4.78 is 10.7. The van der Waals surface area contributed by atoms with Gasteiger partial charge in [0.15, 0.2) is 0 Å². The molecule has 0 aromatic heterocycles. The fourth-order valence-electron chi connectivity index (χ4n) is 2.83. The van der Waals surface area contributed by atoms with Crippen LogP contribution in [0, 0.1) is 11.8 Å². The first-order valence-corrected chi connectivity index (χ1v) is 10.0. The van der Waals surface area contributed by atoms with Crippen molar-refractivity contribution in [2.24, 2.45) is 11.8 Å². The number of hydrogen-bond acceptors (Lipinski definition) is 5. The SMILES string of the molecule is CC(C)C[C@H](CC(=O)CCCC(=O)OCc1ccccc1)C(=O)OC(C)(C)C. The van der Waals surface area contributed by atoms with Gasteiger partial charge < -0.3 is 9.47 Å². The van der Waals surface area contributed by atoms with E-state index in [9.17, 15) is 14.4 Å². The van der Waals surface area contributed by atoms with Crippen molar-refractivity contribution in [3.63, 3.8) is 0 Å². The molecule has 0 aliphatic rings. The first kappa shape index (κ1) is 23.9. The number of ether oxygens (including phenoxy) is 2. The largest absolute Gasteiger partial charge is 0.461 e. The lowest BCUT2D eigenvalue weighted by molar-refractivity contribution is -0.161. The molecule has 156 valence electrons. The van der Waals surface area contributed by atoms with E-state index >= 15 is 0 Å². The highest BCUT2D eigenvalue weighted by Gasteiger charge is 2.27. The third-order valence-corrected chi connectivity index (χ3v) is 4.05. The molecule has 1 aromatic carbocycles. The molecule has 5 heteroatoms. The Hall–Kier alpha value is -2.17. The Morgan fingerprint density at radius 1 is 1.00 bits per heavy atom. The Labute approximate surface area is 168 Å². The van der Waals surface area contributed by atoms with E-state index in [1.807, 2.05) is 65.0 Å². The molecular formula is C23H34O5. The maximum absolute atomic E-state index is 12.4. The minimum absolute atomic E-state index is 0.0210. The Balaban J connectivity index is 2.38. The molecule has 0 radical (unpaired) electrons. The third-order valence-electron chi connectivity index (χ3n) is 4.05. The van der Waals surface area contributed by atoms with Crippen LogP contribution < -0.4 is 0 Å². The second-order valence-corrected chi connectivity index (χ2v) is 8.60. The van der Waals surface area contributed by atoms with E-state index in [2.05, 4.69) is 0 Å². The molecule has 0 saturated carbocycles. The smallest absolute Gasteiger partial charge is 0.309 e. The van der Waals surface area contributed by atoms with Gasteiger partial charge in [-0.15, -0.1) is 0 Å². The van der Waals surface area contributed by atoms with Crippen LogP contribution in [0.5, 0.6) is 0 Å². The monoisotopic (exact) mass is 390 g/mol. The fourth-order valence-corrected chi connectivity index (χ4v) is 2.83. The van der Waals surface area contributed by atoms with Crippen LogP contribution in [0.3, 0.4) is 0 Å². The molecule has 1 rings (SSSR count). The summed E-state index contributed by atoms with van der Waals surface area (Å²) in [5.41, 5.74) is 0.360. The second kappa shape index (κ2) is 11.6. The number of rotatable bonds is 11. The first-order valence-electron chi connectivity index (χ1n) is 10.0. The van der Waals surface area contributed by atoms with Gasteiger partial charge in [-0.25, -0.2) is 0 Å². The number of hydrogen-bond donors (Lipinski definition) is 0. The number of esters is 2. The topological polar surface area (TPSA) is 69.7 Å². The van der Waals surface area contributed by atoms with Crippen molar-refractivity contribution in [2.45, 2.75) is 78.9 Å². The zero-order chi connectivity index (χ0) is 21.2. The minimum atomic E-state index is -0.572. The predicted molar refractivity (Wildman–Crippen MR) is 109 cm³/mol. The lowest BCUT2D eigenvalue weighted by Crippen LogP contribution is -2.30. The molecule has 1 atom stereocenters. The van der Waals surface area contributed by atoms with Crippen LogP contribution in [-0.2, 0) is 30.5 Å². The summed E-state index contributed by atoms with van der Waals surface area (Å²) in [5, 5.41) is 0. The van der Waals surface area contributed by atoms with E-state index in [4.69, 9.17) is 9.47 Å². The van der Waals surface area contributed by atoms with Gasteiger partial charge in [0.25, 0.3) is 0 Å². The zero-order valence-corrected chi connectivity index (χ0v) is 17.8. The van der Waals surface area contributed by atoms with Crippen molar-refractivity contribution in [1.29, 1.82) is 0 Å². The molecule has 0 N–H and O–H groups in total. The van der Waals surface area contributed by atoms with E-state index in [-0.39, 0.29) is 43.6 Å². The van der Waals surface area contributed by atoms with Gasteiger partial charge in [-0.3, -0.25) is 14.4 Å². The number of carbonyl (C=O) groups excluding carboxylic acids is 3. The standard InChI is InChI=1S/C23H34O5/c1-17(2)14-19(22(26)28-23(3,4)5)15-20(24)12-9-13-21(25)27-16-18-10-7-6-8-11-18/h6-8,10-11,17,19H,9,12-16H2,1-5H3/t19-/m1/s1. The van der Waals surface area contributed by atoms with Gasteiger partial charge in [-0.05, 0) is 45.1 Å². The van der Waals surface area contributed by atoms with E-state index in [0.29, 0.717) is 18.8 Å². The molecule has 0 aliphatic heterocycles. The van der Waals surface area contributed by atoms with Gasteiger partial charge in [0.2, 0.25) is 0 Å². The molecule has 0 fully saturated rings. The van der Waals surface area contributed by atoms with Crippen LogP contribution in [0.4, 0.5) is 0 Å². The summed E-state index contributed by atoms with van der Waals surface area (Å²) in [7, 11) is 0. The molecule has 28 heavy (non-hydrogen) atoms. The fraction of sp³-hybridized carbons (Fsp3) is 0.609. The average molecular weight is 391 g/mol. The molecule has 5 nitrogen and oxygen atoms in total. The number of ketones is 1. The van der Waals surface area contributed by atoms with E-state index in [1.54, 1.807) is 0 Å².